The summed E-state index contributed by atoms with van der Waals surface area (Å²) in [5.74, 6) is -0.645. The van der Waals surface area contributed by atoms with Gasteiger partial charge >= 0.3 is 0 Å². The number of aromatic nitrogens is 3. The molecule has 0 radical (unpaired) electrons. The largest absolute Gasteiger partial charge is 0.486 e. The first kappa shape index (κ1) is 25.1. The molecule has 3 aromatic carbocycles. The van der Waals surface area contributed by atoms with Crippen molar-refractivity contribution in [3.05, 3.63) is 112 Å². The molecule has 0 atom stereocenters. The van der Waals surface area contributed by atoms with Crippen molar-refractivity contribution in [3.63, 3.8) is 0 Å². The summed E-state index contributed by atoms with van der Waals surface area (Å²) in [5, 5.41) is 0. The van der Waals surface area contributed by atoms with Crippen LogP contribution in [-0.2, 0) is 11.3 Å². The van der Waals surface area contributed by atoms with Crippen molar-refractivity contribution < 1.29 is 18.3 Å². The smallest absolute Gasteiger partial charge is 0.262 e. The molecule has 0 aliphatic rings. The minimum absolute atomic E-state index is 0.0274. The molecule has 38 heavy (non-hydrogen) atoms. The Kier molecular flexibility index (Phi) is 6.63. The van der Waals surface area contributed by atoms with Gasteiger partial charge in [-0.3, -0.25) is 9.59 Å². The Labute approximate surface area is 217 Å². The Bertz CT molecular complexity index is 1700. The van der Waals surface area contributed by atoms with Gasteiger partial charge in [0.25, 0.3) is 5.56 Å². The average molecular weight is 514 g/mol. The van der Waals surface area contributed by atoms with Gasteiger partial charge < -0.3 is 9.30 Å². The highest BCUT2D eigenvalue weighted by atomic mass is 19.1. The Morgan fingerprint density at radius 3 is 2.18 bits per heavy atom. The fourth-order valence-corrected chi connectivity index (χ4v) is 4.61. The summed E-state index contributed by atoms with van der Waals surface area (Å²) in [6.45, 7) is 4.75. The van der Waals surface area contributed by atoms with Crippen molar-refractivity contribution in [2.24, 2.45) is 0 Å². The average Bonchev–Trinajstić information content (AvgIpc) is 3.25. The lowest BCUT2D eigenvalue weighted by Gasteiger charge is -2.18. The Balaban J connectivity index is 1.74. The van der Waals surface area contributed by atoms with Crippen LogP contribution in [0.25, 0.3) is 28.3 Å². The Hall–Kier alpha value is -4.59. The van der Waals surface area contributed by atoms with Crippen molar-refractivity contribution in [2.45, 2.75) is 27.3 Å². The predicted octanol–water partition coefficient (Wildman–Crippen LogP) is 5.74. The van der Waals surface area contributed by atoms with Crippen molar-refractivity contribution >= 4 is 11.6 Å². The fourth-order valence-electron chi connectivity index (χ4n) is 4.61. The number of fused-ring (bicyclic) bond motifs is 1. The van der Waals surface area contributed by atoms with E-state index in [1.807, 2.05) is 30.3 Å². The number of hydrogen-bond acceptors (Lipinski definition) is 4. The number of imidazole rings is 1. The van der Waals surface area contributed by atoms with E-state index in [2.05, 4.69) is 0 Å². The van der Waals surface area contributed by atoms with Gasteiger partial charge in [0.15, 0.2) is 5.78 Å². The molecule has 0 bridgehead atoms. The molecule has 8 heteroatoms. The molecule has 5 aromatic rings. The summed E-state index contributed by atoms with van der Waals surface area (Å²) in [6, 6.07) is 20.0. The van der Waals surface area contributed by atoms with E-state index >= 15 is 0 Å². The summed E-state index contributed by atoms with van der Waals surface area (Å²) in [4.78, 5) is 29.7. The van der Waals surface area contributed by atoms with Gasteiger partial charge in [-0.15, -0.1) is 0 Å². The Morgan fingerprint density at radius 2 is 1.55 bits per heavy atom. The van der Waals surface area contributed by atoms with Crippen molar-refractivity contribution in [3.8, 4) is 28.3 Å². The minimum Gasteiger partial charge on any atom is -0.486 e. The number of nitrogens with zero attached hydrogens (tertiary/aromatic N) is 3. The van der Waals surface area contributed by atoms with E-state index in [1.165, 1.54) is 29.5 Å². The zero-order chi connectivity index (χ0) is 27.0. The van der Waals surface area contributed by atoms with E-state index in [1.54, 1.807) is 42.7 Å². The van der Waals surface area contributed by atoms with Gasteiger partial charge in [0.1, 0.15) is 24.0 Å². The molecule has 2 heterocycles. The first-order valence-corrected chi connectivity index (χ1v) is 12.1. The van der Waals surface area contributed by atoms with Crippen LogP contribution >= 0.6 is 0 Å². The molecule has 0 spiro atoms. The van der Waals surface area contributed by atoms with E-state index in [4.69, 9.17) is 9.72 Å². The van der Waals surface area contributed by atoms with Crippen molar-refractivity contribution in [1.82, 2.24) is 14.0 Å². The lowest BCUT2D eigenvalue weighted by Crippen LogP contribution is -2.24. The Morgan fingerprint density at radius 1 is 0.895 bits per heavy atom. The molecule has 2 aromatic heterocycles. The van der Waals surface area contributed by atoms with Crippen LogP contribution in [-0.4, -0.2) is 26.3 Å². The van der Waals surface area contributed by atoms with Gasteiger partial charge in [-0.25, -0.2) is 18.2 Å². The lowest BCUT2D eigenvalue weighted by atomic mass is 10.1. The van der Waals surface area contributed by atoms with Crippen LogP contribution in [0.2, 0.25) is 0 Å². The summed E-state index contributed by atoms with van der Waals surface area (Å²) in [5.41, 5.74) is 3.18. The molecular weight excluding hydrogens is 488 g/mol. The van der Waals surface area contributed by atoms with Crippen LogP contribution in [0.5, 0.6) is 5.75 Å². The zero-order valence-electron chi connectivity index (χ0n) is 21.2. The summed E-state index contributed by atoms with van der Waals surface area (Å²) < 4.78 is 38.2. The highest BCUT2D eigenvalue weighted by Gasteiger charge is 2.23. The van der Waals surface area contributed by atoms with Crippen LogP contribution in [0, 0.1) is 25.5 Å². The number of ketones is 1. The molecule has 0 N–H and O–H groups in total. The van der Waals surface area contributed by atoms with Gasteiger partial charge in [0, 0.05) is 16.7 Å². The van der Waals surface area contributed by atoms with Crippen LogP contribution in [0.4, 0.5) is 8.78 Å². The first-order chi connectivity index (χ1) is 18.3. The second-order valence-corrected chi connectivity index (χ2v) is 9.13. The minimum atomic E-state index is -0.678. The molecule has 0 fully saturated rings. The van der Waals surface area contributed by atoms with Gasteiger partial charge in [0.05, 0.1) is 23.6 Å². The monoisotopic (exact) mass is 513 g/mol. The third-order valence-corrected chi connectivity index (χ3v) is 6.48. The standard InChI is InChI=1S/C30H25F2N3O3/c1-18(36)17-38-23-14-12-21(13-15-23)27-20(3)35-29(37)19(2)28(22-8-5-4-6-9-22)34(30(35)33-27)16-24-25(31)10-7-11-26(24)32/h4-15H,16-17H2,1-3H3. The topological polar surface area (TPSA) is 65.6 Å². The lowest BCUT2D eigenvalue weighted by molar-refractivity contribution is -0.118. The maximum Gasteiger partial charge on any atom is 0.262 e. The fraction of sp³-hybridized carbons (Fsp3) is 0.167. The third-order valence-electron chi connectivity index (χ3n) is 6.48. The van der Waals surface area contributed by atoms with E-state index in [9.17, 15) is 18.4 Å². The van der Waals surface area contributed by atoms with Crippen molar-refractivity contribution in [1.29, 1.82) is 0 Å². The van der Waals surface area contributed by atoms with Crippen LogP contribution < -0.4 is 10.3 Å². The summed E-state index contributed by atoms with van der Waals surface area (Å²) >= 11 is 0. The highest BCUT2D eigenvalue weighted by Crippen LogP contribution is 2.30. The molecule has 192 valence electrons. The predicted molar refractivity (Wildman–Crippen MR) is 141 cm³/mol. The maximum absolute atomic E-state index is 14.8. The molecule has 0 unspecified atom stereocenters. The second kappa shape index (κ2) is 10.0. The molecule has 0 aliphatic heterocycles. The summed E-state index contributed by atoms with van der Waals surface area (Å²) in [6.07, 6.45) is 0. The van der Waals surface area contributed by atoms with Gasteiger partial charge in [0.2, 0.25) is 5.78 Å². The SMILES string of the molecule is CC(=O)COc1ccc(-c2nc3n(Cc4c(F)cccc4F)c(-c4ccccc4)c(C)c(=O)n3c2C)cc1. The number of hydrogen-bond donors (Lipinski definition) is 0. The number of ether oxygens (including phenoxy) is 1. The third kappa shape index (κ3) is 4.49. The quantitative estimate of drug-likeness (QED) is 0.278. The van der Waals surface area contributed by atoms with Gasteiger partial charge in [-0.1, -0.05) is 36.4 Å². The number of carbonyl (C=O) groups is 1. The molecule has 0 amide bonds. The van der Waals surface area contributed by atoms with Crippen LogP contribution in [0.1, 0.15) is 23.7 Å². The van der Waals surface area contributed by atoms with Gasteiger partial charge in [-0.2, -0.15) is 0 Å². The van der Waals surface area contributed by atoms with Crippen molar-refractivity contribution in [2.75, 3.05) is 6.61 Å². The number of rotatable bonds is 7. The molecule has 6 nitrogen and oxygen atoms in total. The summed E-state index contributed by atoms with van der Waals surface area (Å²) in [7, 11) is 0. The molecule has 0 aliphatic carbocycles. The van der Waals surface area contributed by atoms with Gasteiger partial charge in [-0.05, 0) is 62.7 Å². The van der Waals surface area contributed by atoms with E-state index in [-0.39, 0.29) is 35.8 Å². The van der Waals surface area contributed by atoms with E-state index in [0.29, 0.717) is 28.4 Å². The number of aryl methyl sites for hydroxylation is 1. The first-order valence-electron chi connectivity index (χ1n) is 12.1. The van der Waals surface area contributed by atoms with Crippen LogP contribution in [0.15, 0.2) is 77.6 Å². The second-order valence-electron chi connectivity index (χ2n) is 9.13. The zero-order valence-corrected chi connectivity index (χ0v) is 21.2. The molecule has 0 saturated carbocycles. The molecule has 0 saturated heterocycles. The number of carbonyl (C=O) groups excluding carboxylic acids is 1. The van der Waals surface area contributed by atoms with E-state index in [0.717, 1.165) is 11.1 Å². The van der Waals surface area contributed by atoms with Crippen LogP contribution in [0.3, 0.4) is 0 Å². The molecular formula is C30H25F2N3O3. The molecule has 5 rings (SSSR count). The number of halogens is 2. The normalized spacial score (nSPS) is 11.2. The highest BCUT2D eigenvalue weighted by molar-refractivity contribution is 5.77. The van der Waals surface area contributed by atoms with E-state index < -0.39 is 11.6 Å². The maximum atomic E-state index is 14.8. The number of benzene rings is 3. The number of Topliss-reactive ketones (excluding diaryl/α,β-unsaturated/α-hetero) is 1.